The minimum atomic E-state index is -1.10. The highest BCUT2D eigenvalue weighted by Gasteiger charge is 2.48. The number of carbonyl (C=O) groups excluding carboxylic acids is 2. The number of aryl methyl sites for hydroxylation is 1. The van der Waals surface area contributed by atoms with E-state index in [9.17, 15) is 24.6 Å². The molecule has 1 fully saturated rings. The zero-order valence-corrected chi connectivity index (χ0v) is 21.9. The Labute approximate surface area is 224 Å². The van der Waals surface area contributed by atoms with Gasteiger partial charge in [-0.1, -0.05) is 43.7 Å². The number of hydrogen-bond donors (Lipinski definition) is 3. The van der Waals surface area contributed by atoms with Crippen LogP contribution in [0.3, 0.4) is 0 Å². The molecule has 39 heavy (non-hydrogen) atoms. The highest BCUT2D eigenvalue weighted by Crippen LogP contribution is 2.42. The fraction of sp³-hybridized carbons (Fsp3) is 0.200. The molecule has 9 heteroatoms. The topological polar surface area (TPSA) is 133 Å². The number of ketones is 1. The first-order valence-corrected chi connectivity index (χ1v) is 12.4. The number of H-pyrrole nitrogens is 1. The van der Waals surface area contributed by atoms with E-state index in [0.717, 1.165) is 11.1 Å². The molecular formula is C30H27N3O6. The number of rotatable bonds is 6. The van der Waals surface area contributed by atoms with Crippen molar-refractivity contribution in [2.24, 2.45) is 0 Å². The second kappa shape index (κ2) is 9.75. The molecule has 3 N–H and O–H groups in total. The van der Waals surface area contributed by atoms with Crippen molar-refractivity contribution in [2.75, 3.05) is 12.0 Å². The maximum atomic E-state index is 13.5. The number of aromatic nitrogens is 2. The van der Waals surface area contributed by atoms with Gasteiger partial charge in [0.2, 0.25) is 5.95 Å². The van der Waals surface area contributed by atoms with E-state index in [1.54, 1.807) is 31.4 Å². The number of methoxy groups -OCH3 is 1. The lowest BCUT2D eigenvalue weighted by atomic mass is 9.92. The van der Waals surface area contributed by atoms with Crippen LogP contribution < -0.4 is 9.64 Å². The summed E-state index contributed by atoms with van der Waals surface area (Å²) in [5.41, 5.74) is 3.54. The van der Waals surface area contributed by atoms with Crippen LogP contribution in [-0.2, 0) is 9.59 Å². The van der Waals surface area contributed by atoms with Gasteiger partial charge in [0.25, 0.3) is 5.78 Å². The van der Waals surface area contributed by atoms with Gasteiger partial charge < -0.3 is 19.9 Å². The van der Waals surface area contributed by atoms with Gasteiger partial charge >= 0.3 is 11.9 Å². The van der Waals surface area contributed by atoms with Crippen LogP contribution in [0, 0.1) is 6.92 Å². The number of Topliss-reactive ketones (excluding diaryl/α,β-unsaturated/α-hetero) is 1. The zero-order chi connectivity index (χ0) is 28.0. The number of carboxylic acids is 1. The van der Waals surface area contributed by atoms with Crippen LogP contribution in [0.15, 0.2) is 66.2 Å². The number of carbonyl (C=O) groups is 3. The quantitative estimate of drug-likeness (QED) is 0.176. The Bertz CT molecular complexity index is 1680. The molecule has 0 radical (unpaired) electrons. The number of benzene rings is 3. The van der Waals surface area contributed by atoms with Crippen LogP contribution in [0.1, 0.15) is 58.4 Å². The highest BCUT2D eigenvalue weighted by molar-refractivity contribution is 6.51. The number of aliphatic hydroxyl groups excluding tert-OH is 1. The molecule has 1 unspecified atom stereocenters. The first kappa shape index (κ1) is 25.7. The van der Waals surface area contributed by atoms with Crippen molar-refractivity contribution in [2.45, 2.75) is 32.7 Å². The first-order valence-electron chi connectivity index (χ1n) is 12.4. The number of ether oxygens (including phenoxy) is 1. The summed E-state index contributed by atoms with van der Waals surface area (Å²) in [6, 6.07) is 15.8. The van der Waals surface area contributed by atoms with Crippen LogP contribution in [0.5, 0.6) is 5.75 Å². The number of fused-ring (bicyclic) bond motifs is 1. The van der Waals surface area contributed by atoms with Gasteiger partial charge in [0.05, 0.1) is 35.3 Å². The molecule has 1 atom stereocenters. The Morgan fingerprint density at radius 3 is 2.44 bits per heavy atom. The van der Waals surface area contributed by atoms with Crippen molar-refractivity contribution in [3.63, 3.8) is 0 Å². The van der Waals surface area contributed by atoms with Crippen molar-refractivity contribution in [1.29, 1.82) is 0 Å². The van der Waals surface area contributed by atoms with E-state index in [2.05, 4.69) is 9.97 Å². The van der Waals surface area contributed by atoms with Crippen molar-refractivity contribution >= 4 is 40.4 Å². The Morgan fingerprint density at radius 1 is 1.03 bits per heavy atom. The summed E-state index contributed by atoms with van der Waals surface area (Å²) in [6.45, 7) is 5.87. The number of hydrogen-bond acceptors (Lipinski definition) is 6. The Balaban J connectivity index is 1.72. The van der Waals surface area contributed by atoms with Gasteiger partial charge in [-0.3, -0.25) is 14.5 Å². The van der Waals surface area contributed by atoms with E-state index in [-0.39, 0.29) is 28.8 Å². The maximum Gasteiger partial charge on any atom is 0.335 e. The Morgan fingerprint density at radius 2 is 1.77 bits per heavy atom. The lowest BCUT2D eigenvalue weighted by Gasteiger charge is -2.23. The summed E-state index contributed by atoms with van der Waals surface area (Å²) in [6.07, 6.45) is 0. The molecule has 1 saturated heterocycles. The van der Waals surface area contributed by atoms with Gasteiger partial charge in [0.1, 0.15) is 11.5 Å². The molecule has 0 saturated carbocycles. The zero-order valence-electron chi connectivity index (χ0n) is 21.9. The maximum absolute atomic E-state index is 13.5. The normalized spacial score (nSPS) is 16.8. The Hall–Kier alpha value is -4.92. The summed E-state index contributed by atoms with van der Waals surface area (Å²) in [7, 11) is 1.57. The second-order valence-corrected chi connectivity index (χ2v) is 9.79. The lowest BCUT2D eigenvalue weighted by molar-refractivity contribution is -0.132. The smallest absolute Gasteiger partial charge is 0.335 e. The number of anilines is 1. The number of imidazole rings is 1. The minimum Gasteiger partial charge on any atom is -0.507 e. The average molecular weight is 526 g/mol. The summed E-state index contributed by atoms with van der Waals surface area (Å²) in [4.78, 5) is 47.2. The van der Waals surface area contributed by atoms with Gasteiger partial charge in [-0.25, -0.2) is 9.78 Å². The third-order valence-corrected chi connectivity index (χ3v) is 6.87. The third-order valence-electron chi connectivity index (χ3n) is 6.87. The standard InChI is InChI=1S/C30H27N3O6/c1-15(2)20-13-18(9-11-23(20)39-4)26(34)24-25(17-7-5-6-16(3)12-17)33(28(36)27(24)35)30-31-21-10-8-19(29(37)38)14-22(21)32-30/h5-15,25,34H,1-4H3,(H,31,32)(H,37,38)/b26-24+. The molecule has 4 aromatic rings. The minimum absolute atomic E-state index is 0.0513. The van der Waals surface area contributed by atoms with Crippen molar-refractivity contribution < 1.29 is 29.3 Å². The molecule has 2 heterocycles. The van der Waals surface area contributed by atoms with Crippen molar-refractivity contribution in [1.82, 2.24) is 9.97 Å². The molecular weight excluding hydrogens is 498 g/mol. The van der Waals surface area contributed by atoms with Crippen molar-refractivity contribution in [3.05, 3.63) is 94.1 Å². The van der Waals surface area contributed by atoms with Gasteiger partial charge in [-0.2, -0.15) is 0 Å². The lowest BCUT2D eigenvalue weighted by Crippen LogP contribution is -2.30. The molecule has 198 valence electrons. The monoisotopic (exact) mass is 525 g/mol. The number of nitrogens with zero attached hydrogens (tertiary/aromatic N) is 2. The number of aromatic carboxylic acids is 1. The number of carboxylic acid groups (broad SMARTS) is 1. The first-order chi connectivity index (χ1) is 18.6. The summed E-state index contributed by atoms with van der Waals surface area (Å²) in [5.74, 6) is -2.33. The SMILES string of the molecule is COc1ccc(/C(O)=C2\C(=O)C(=O)N(c3nc4ccc(C(=O)O)cc4[nH]3)C2c2cccc(C)c2)cc1C(C)C. The molecule has 1 aliphatic heterocycles. The number of aromatic amines is 1. The van der Waals surface area contributed by atoms with E-state index < -0.39 is 23.7 Å². The number of amides is 1. The van der Waals surface area contributed by atoms with Crippen LogP contribution in [0.4, 0.5) is 5.95 Å². The van der Waals surface area contributed by atoms with E-state index in [1.807, 2.05) is 39.0 Å². The van der Waals surface area contributed by atoms with Crippen LogP contribution >= 0.6 is 0 Å². The predicted octanol–water partition coefficient (Wildman–Crippen LogP) is 5.33. The van der Waals surface area contributed by atoms with E-state index in [0.29, 0.717) is 27.9 Å². The van der Waals surface area contributed by atoms with Crippen LogP contribution in [0.2, 0.25) is 0 Å². The van der Waals surface area contributed by atoms with Crippen molar-refractivity contribution in [3.8, 4) is 5.75 Å². The van der Waals surface area contributed by atoms with Gasteiger partial charge in [0.15, 0.2) is 0 Å². The van der Waals surface area contributed by atoms with E-state index in [4.69, 9.17) is 4.74 Å². The molecule has 0 bridgehead atoms. The van der Waals surface area contributed by atoms with Crippen LogP contribution in [-0.4, -0.2) is 45.0 Å². The molecule has 5 rings (SSSR count). The predicted molar refractivity (Wildman–Crippen MR) is 146 cm³/mol. The largest absolute Gasteiger partial charge is 0.507 e. The third kappa shape index (κ3) is 4.41. The second-order valence-electron chi connectivity index (χ2n) is 9.79. The molecule has 0 aliphatic carbocycles. The fourth-order valence-corrected chi connectivity index (χ4v) is 4.94. The summed E-state index contributed by atoms with van der Waals surface area (Å²) in [5, 5.41) is 20.9. The van der Waals surface area contributed by atoms with Gasteiger partial charge in [-0.15, -0.1) is 0 Å². The molecule has 1 aliphatic rings. The molecule has 3 aromatic carbocycles. The molecule has 1 aromatic heterocycles. The van der Waals surface area contributed by atoms with Gasteiger partial charge in [0, 0.05) is 5.56 Å². The Kier molecular flexibility index (Phi) is 6.43. The molecule has 0 spiro atoms. The van der Waals surface area contributed by atoms with E-state index >= 15 is 0 Å². The molecule has 9 nitrogen and oxygen atoms in total. The van der Waals surface area contributed by atoms with E-state index in [1.165, 1.54) is 23.1 Å². The number of aliphatic hydroxyl groups is 1. The van der Waals surface area contributed by atoms with Gasteiger partial charge in [-0.05, 0) is 60.4 Å². The molecule has 1 amide bonds. The highest BCUT2D eigenvalue weighted by atomic mass is 16.5. The average Bonchev–Trinajstić information content (AvgIpc) is 3.45. The number of nitrogens with one attached hydrogen (secondary N) is 1. The fourth-order valence-electron chi connectivity index (χ4n) is 4.94. The summed E-state index contributed by atoms with van der Waals surface area (Å²) >= 11 is 0. The summed E-state index contributed by atoms with van der Waals surface area (Å²) < 4.78 is 5.46. The van der Waals surface area contributed by atoms with Crippen LogP contribution in [0.25, 0.3) is 16.8 Å².